The normalized spacial score (nSPS) is 11.4. The first-order chi connectivity index (χ1) is 13.4. The number of hydrogen-bond donors (Lipinski definition) is 2. The minimum atomic E-state index is -1.37. The van der Waals surface area contributed by atoms with E-state index in [9.17, 15) is 19.1 Å². The highest BCUT2D eigenvalue weighted by Gasteiger charge is 2.23. The molecule has 150 valence electrons. The van der Waals surface area contributed by atoms with Crippen molar-refractivity contribution in [3.05, 3.63) is 53.3 Å². The number of amides is 1. The van der Waals surface area contributed by atoms with Crippen LogP contribution in [0.3, 0.4) is 0 Å². The highest BCUT2D eigenvalue weighted by molar-refractivity contribution is 5.84. The molecule has 0 spiro atoms. The van der Waals surface area contributed by atoms with E-state index in [2.05, 4.69) is 5.32 Å². The number of aliphatic carboxylic acids is 1. The number of methoxy groups -OCH3 is 3. The maximum atomic E-state index is 13.9. The molecule has 28 heavy (non-hydrogen) atoms. The van der Waals surface area contributed by atoms with E-state index < -0.39 is 23.7 Å². The summed E-state index contributed by atoms with van der Waals surface area (Å²) in [6, 6.07) is 7.58. The average Bonchev–Trinajstić information content (AvgIpc) is 2.69. The molecule has 2 rings (SSSR count). The molecule has 1 atom stereocenters. The van der Waals surface area contributed by atoms with Crippen LogP contribution in [0, 0.1) is 5.82 Å². The van der Waals surface area contributed by atoms with Crippen molar-refractivity contribution in [2.45, 2.75) is 18.9 Å². The van der Waals surface area contributed by atoms with Gasteiger partial charge in [-0.05, 0) is 47.9 Å². The summed E-state index contributed by atoms with van der Waals surface area (Å²) in [4.78, 5) is 23.9. The van der Waals surface area contributed by atoms with Crippen LogP contribution in [0.25, 0.3) is 0 Å². The van der Waals surface area contributed by atoms with E-state index in [0.29, 0.717) is 17.9 Å². The Morgan fingerprint density at radius 3 is 2.29 bits per heavy atom. The molecule has 0 saturated carbocycles. The zero-order valence-electron chi connectivity index (χ0n) is 15.8. The van der Waals surface area contributed by atoms with Gasteiger partial charge >= 0.3 is 5.97 Å². The molecule has 0 aliphatic heterocycles. The van der Waals surface area contributed by atoms with Crippen LogP contribution in [0.15, 0.2) is 36.4 Å². The van der Waals surface area contributed by atoms with Crippen molar-refractivity contribution in [2.24, 2.45) is 0 Å². The summed E-state index contributed by atoms with van der Waals surface area (Å²) in [6.07, 6.45) is 0.335. The first-order valence-corrected chi connectivity index (χ1v) is 8.46. The third kappa shape index (κ3) is 5.12. The smallest absolute Gasteiger partial charge is 0.330 e. The van der Waals surface area contributed by atoms with Crippen LogP contribution in [0.4, 0.5) is 4.39 Å². The first kappa shape index (κ1) is 21.0. The van der Waals surface area contributed by atoms with Gasteiger partial charge in [-0.2, -0.15) is 0 Å². The van der Waals surface area contributed by atoms with Gasteiger partial charge in [0.2, 0.25) is 5.91 Å². The second-order valence-electron chi connectivity index (χ2n) is 5.91. The van der Waals surface area contributed by atoms with Gasteiger partial charge in [-0.1, -0.05) is 6.07 Å². The van der Waals surface area contributed by atoms with Gasteiger partial charge in [0.1, 0.15) is 11.5 Å². The molecule has 8 heteroatoms. The predicted molar refractivity (Wildman–Crippen MR) is 99.3 cm³/mol. The second-order valence-corrected chi connectivity index (χ2v) is 5.91. The molecule has 0 heterocycles. The molecular weight excluding hydrogens is 369 g/mol. The Labute approximate surface area is 162 Å². The van der Waals surface area contributed by atoms with Gasteiger partial charge in [0.05, 0.1) is 21.3 Å². The summed E-state index contributed by atoms with van der Waals surface area (Å²) < 4.78 is 29.1. The molecule has 0 aliphatic carbocycles. The molecule has 1 amide bonds. The minimum absolute atomic E-state index is 0.00987. The summed E-state index contributed by atoms with van der Waals surface area (Å²) in [6.45, 7) is 0. The first-order valence-electron chi connectivity index (χ1n) is 8.46. The standard InChI is InChI=1S/C20H22FNO6/c1-26-14-6-8-16(27-2)12(10-14)5-9-18(23)22-19(20(24)25)13-4-7-17(28-3)15(21)11-13/h4,6-8,10-11,19H,5,9H2,1-3H3,(H,22,23)(H,24,25). The fourth-order valence-electron chi connectivity index (χ4n) is 2.71. The molecule has 1 unspecified atom stereocenters. The summed E-state index contributed by atoms with van der Waals surface area (Å²) >= 11 is 0. The fourth-order valence-corrected chi connectivity index (χ4v) is 2.71. The van der Waals surface area contributed by atoms with Crippen LogP contribution in [0.2, 0.25) is 0 Å². The summed E-state index contributed by atoms with van der Waals surface area (Å²) in [7, 11) is 4.36. The predicted octanol–water partition coefficient (Wildman–Crippen LogP) is 2.73. The van der Waals surface area contributed by atoms with Gasteiger partial charge < -0.3 is 24.6 Å². The molecule has 7 nitrogen and oxygen atoms in total. The van der Waals surface area contributed by atoms with E-state index in [1.807, 2.05) is 0 Å². The third-order valence-electron chi connectivity index (χ3n) is 4.17. The lowest BCUT2D eigenvalue weighted by Crippen LogP contribution is -2.34. The van der Waals surface area contributed by atoms with Gasteiger partial charge in [-0.25, -0.2) is 9.18 Å². The van der Waals surface area contributed by atoms with E-state index in [-0.39, 0.29) is 17.7 Å². The van der Waals surface area contributed by atoms with Gasteiger partial charge in [0, 0.05) is 6.42 Å². The van der Waals surface area contributed by atoms with Crippen LogP contribution >= 0.6 is 0 Å². The highest BCUT2D eigenvalue weighted by Crippen LogP contribution is 2.26. The molecule has 2 aromatic carbocycles. The number of halogens is 1. The Morgan fingerprint density at radius 1 is 1.04 bits per heavy atom. The molecule has 0 bridgehead atoms. The zero-order valence-corrected chi connectivity index (χ0v) is 15.8. The van der Waals surface area contributed by atoms with Crippen molar-refractivity contribution >= 4 is 11.9 Å². The van der Waals surface area contributed by atoms with E-state index >= 15 is 0 Å². The van der Waals surface area contributed by atoms with E-state index in [1.54, 1.807) is 18.2 Å². The lowest BCUT2D eigenvalue weighted by molar-refractivity contribution is -0.142. The maximum Gasteiger partial charge on any atom is 0.330 e. The fraction of sp³-hybridized carbons (Fsp3) is 0.300. The Kier molecular flexibility index (Phi) is 7.20. The Hall–Kier alpha value is -3.29. The van der Waals surface area contributed by atoms with Crippen LogP contribution in [-0.4, -0.2) is 38.3 Å². The van der Waals surface area contributed by atoms with Gasteiger partial charge in [-0.3, -0.25) is 4.79 Å². The number of nitrogens with one attached hydrogen (secondary N) is 1. The monoisotopic (exact) mass is 391 g/mol. The van der Waals surface area contributed by atoms with Crippen LogP contribution in [0.5, 0.6) is 17.2 Å². The number of carbonyl (C=O) groups is 2. The van der Waals surface area contributed by atoms with Gasteiger partial charge in [0.25, 0.3) is 0 Å². The van der Waals surface area contributed by atoms with Crippen molar-refractivity contribution in [2.75, 3.05) is 21.3 Å². The number of rotatable bonds is 9. The number of aryl methyl sites for hydroxylation is 1. The maximum absolute atomic E-state index is 13.9. The lowest BCUT2D eigenvalue weighted by Gasteiger charge is -2.16. The zero-order chi connectivity index (χ0) is 20.7. The molecule has 0 aliphatic rings. The Morgan fingerprint density at radius 2 is 1.71 bits per heavy atom. The molecular formula is C20H22FNO6. The topological polar surface area (TPSA) is 94.1 Å². The molecule has 2 N–H and O–H groups in total. The van der Waals surface area contributed by atoms with Gasteiger partial charge in [-0.15, -0.1) is 0 Å². The van der Waals surface area contributed by atoms with Crippen LogP contribution < -0.4 is 19.5 Å². The van der Waals surface area contributed by atoms with Crippen molar-refractivity contribution in [1.29, 1.82) is 0 Å². The number of carboxylic acids is 1. The quantitative estimate of drug-likeness (QED) is 0.683. The molecule has 2 aromatic rings. The molecule has 0 radical (unpaired) electrons. The number of ether oxygens (including phenoxy) is 3. The number of carbonyl (C=O) groups excluding carboxylic acids is 1. The van der Waals surface area contributed by atoms with Crippen molar-refractivity contribution < 1.29 is 33.3 Å². The van der Waals surface area contributed by atoms with Crippen molar-refractivity contribution in [3.8, 4) is 17.2 Å². The van der Waals surface area contributed by atoms with Crippen molar-refractivity contribution in [3.63, 3.8) is 0 Å². The van der Waals surface area contributed by atoms with E-state index in [4.69, 9.17) is 14.2 Å². The van der Waals surface area contributed by atoms with Crippen LogP contribution in [-0.2, 0) is 16.0 Å². The SMILES string of the molecule is COc1ccc(OC)c(CCC(=O)NC(C(=O)O)c2ccc(OC)c(F)c2)c1. The summed E-state index contributed by atoms with van der Waals surface area (Å²) in [5, 5.41) is 11.8. The largest absolute Gasteiger partial charge is 0.497 e. The molecule has 0 fully saturated rings. The number of benzene rings is 2. The van der Waals surface area contributed by atoms with Gasteiger partial charge in [0.15, 0.2) is 17.6 Å². The highest BCUT2D eigenvalue weighted by atomic mass is 19.1. The number of hydrogen-bond acceptors (Lipinski definition) is 5. The summed E-state index contributed by atoms with van der Waals surface area (Å²) in [5.41, 5.74) is 0.859. The minimum Gasteiger partial charge on any atom is -0.497 e. The van der Waals surface area contributed by atoms with Crippen LogP contribution in [0.1, 0.15) is 23.6 Å². The molecule has 0 aromatic heterocycles. The lowest BCUT2D eigenvalue weighted by atomic mass is 10.0. The second kappa shape index (κ2) is 9.59. The number of carboxylic acid groups (broad SMARTS) is 1. The summed E-state index contributed by atoms with van der Waals surface area (Å²) in [5.74, 6) is -1.29. The van der Waals surface area contributed by atoms with E-state index in [0.717, 1.165) is 11.6 Å². The molecule has 0 saturated heterocycles. The average molecular weight is 391 g/mol. The Balaban J connectivity index is 2.09. The Bertz CT molecular complexity index is 855. The third-order valence-corrected chi connectivity index (χ3v) is 4.17. The van der Waals surface area contributed by atoms with E-state index in [1.165, 1.54) is 33.5 Å². The van der Waals surface area contributed by atoms with Crippen molar-refractivity contribution in [1.82, 2.24) is 5.32 Å².